The van der Waals surface area contributed by atoms with Crippen molar-refractivity contribution in [3.8, 4) is 0 Å². The maximum atomic E-state index is 11.9. The van der Waals surface area contributed by atoms with Crippen LogP contribution in [0.25, 0.3) is 0 Å². The number of rotatable bonds is 2. The minimum absolute atomic E-state index is 0.162. The molecule has 1 unspecified atom stereocenters. The lowest BCUT2D eigenvalue weighted by Crippen LogP contribution is -2.54. The number of carbonyl (C=O) groups is 1. The molecule has 6 heteroatoms. The molecule has 4 saturated carbocycles. The van der Waals surface area contributed by atoms with Crippen LogP contribution in [0.5, 0.6) is 0 Å². The van der Waals surface area contributed by atoms with Gasteiger partial charge in [-0.1, -0.05) is 13.8 Å². The second kappa shape index (κ2) is 5.77. The summed E-state index contributed by atoms with van der Waals surface area (Å²) in [6.07, 6.45) is 8.12. The fourth-order valence-electron chi connectivity index (χ4n) is 7.30. The van der Waals surface area contributed by atoms with Gasteiger partial charge in [-0.2, -0.15) is 8.42 Å². The van der Waals surface area contributed by atoms with Gasteiger partial charge >= 0.3 is 10.4 Å². The Morgan fingerprint density at radius 2 is 1.72 bits per heavy atom. The average Bonchev–Trinajstić information content (AvgIpc) is 2.83. The van der Waals surface area contributed by atoms with Gasteiger partial charge in [0.05, 0.1) is 6.10 Å². The van der Waals surface area contributed by atoms with E-state index in [4.69, 9.17) is 8.74 Å². The molecular weight excluding hydrogens is 340 g/mol. The molecule has 4 rings (SSSR count). The standard InChI is InChI=1S/C19H30O5S/c1-18-9-7-13(20)11-12(18)3-4-14-15-5-6-17(24-25(21,22)23)19(15,2)10-8-16(14)18/h12,14-17H,3-11H2,1-2H3,(H,21,22,23)/t12?,14-,15-,16-,17-,18-,19-/m0/s1. The predicted molar refractivity (Wildman–Crippen MR) is 93.2 cm³/mol. The zero-order valence-corrected chi connectivity index (χ0v) is 16.1. The molecule has 0 heterocycles. The molecule has 0 radical (unpaired) electrons. The minimum Gasteiger partial charge on any atom is -0.300 e. The highest BCUT2D eigenvalue weighted by Gasteiger charge is 2.61. The molecule has 5 nitrogen and oxygen atoms in total. The van der Waals surface area contributed by atoms with Crippen molar-refractivity contribution in [2.75, 3.05) is 0 Å². The van der Waals surface area contributed by atoms with E-state index < -0.39 is 16.5 Å². The molecule has 142 valence electrons. The van der Waals surface area contributed by atoms with Crippen LogP contribution in [0.1, 0.15) is 71.6 Å². The zero-order chi connectivity index (χ0) is 18.0. The summed E-state index contributed by atoms with van der Waals surface area (Å²) < 4.78 is 36.7. The molecule has 0 aliphatic heterocycles. The Hall–Kier alpha value is -0.460. The van der Waals surface area contributed by atoms with Crippen molar-refractivity contribution in [2.45, 2.75) is 77.7 Å². The van der Waals surface area contributed by atoms with E-state index in [1.54, 1.807) is 0 Å². The third-order valence-electron chi connectivity index (χ3n) is 8.63. The molecule has 0 aromatic rings. The van der Waals surface area contributed by atoms with E-state index in [1.165, 1.54) is 0 Å². The molecule has 0 spiro atoms. The van der Waals surface area contributed by atoms with Crippen molar-refractivity contribution in [2.24, 2.45) is 34.5 Å². The number of hydrogen-bond donors (Lipinski definition) is 1. The summed E-state index contributed by atoms with van der Waals surface area (Å²) in [5, 5.41) is 0. The molecule has 0 bridgehead atoms. The maximum Gasteiger partial charge on any atom is 0.397 e. The molecule has 0 aromatic carbocycles. The van der Waals surface area contributed by atoms with Crippen molar-refractivity contribution >= 4 is 16.2 Å². The van der Waals surface area contributed by atoms with E-state index in [0.717, 1.165) is 51.4 Å². The van der Waals surface area contributed by atoms with Crippen LogP contribution in [0.2, 0.25) is 0 Å². The highest BCUT2D eigenvalue weighted by Crippen LogP contribution is 2.66. The van der Waals surface area contributed by atoms with Gasteiger partial charge in [-0.15, -0.1) is 0 Å². The van der Waals surface area contributed by atoms with Gasteiger partial charge in [-0.25, -0.2) is 4.18 Å². The summed E-state index contributed by atoms with van der Waals surface area (Å²) in [7, 11) is -4.40. The van der Waals surface area contributed by atoms with Crippen molar-refractivity contribution in [1.82, 2.24) is 0 Å². The zero-order valence-electron chi connectivity index (χ0n) is 15.2. The van der Waals surface area contributed by atoms with Crippen LogP contribution in [0.3, 0.4) is 0 Å². The lowest BCUT2D eigenvalue weighted by molar-refractivity contribution is -0.141. The van der Waals surface area contributed by atoms with E-state index in [2.05, 4.69) is 13.8 Å². The third kappa shape index (κ3) is 2.79. The highest BCUT2D eigenvalue weighted by atomic mass is 32.3. The maximum absolute atomic E-state index is 11.9. The van der Waals surface area contributed by atoms with Gasteiger partial charge in [0, 0.05) is 12.8 Å². The van der Waals surface area contributed by atoms with Crippen molar-refractivity contribution < 1.29 is 21.9 Å². The molecule has 4 aliphatic carbocycles. The van der Waals surface area contributed by atoms with Crippen LogP contribution in [-0.4, -0.2) is 24.9 Å². The lowest BCUT2D eigenvalue weighted by atomic mass is 9.45. The molecule has 7 atom stereocenters. The van der Waals surface area contributed by atoms with E-state index in [9.17, 15) is 13.2 Å². The normalized spacial score (nSPS) is 50.0. The summed E-state index contributed by atoms with van der Waals surface area (Å²) in [5.41, 5.74) is 0.102. The fourth-order valence-corrected chi connectivity index (χ4v) is 7.91. The van der Waals surface area contributed by atoms with Crippen molar-refractivity contribution in [3.63, 3.8) is 0 Å². The number of fused-ring (bicyclic) bond motifs is 5. The van der Waals surface area contributed by atoms with Crippen molar-refractivity contribution in [1.29, 1.82) is 0 Å². The van der Waals surface area contributed by atoms with Gasteiger partial charge in [-0.3, -0.25) is 9.35 Å². The number of Topliss-reactive ketones (excluding diaryl/α,β-unsaturated/α-hetero) is 1. The van der Waals surface area contributed by atoms with Gasteiger partial charge in [0.25, 0.3) is 0 Å². The summed E-state index contributed by atoms with van der Waals surface area (Å²) in [6, 6.07) is 0. The van der Waals surface area contributed by atoms with Gasteiger partial charge in [-0.05, 0) is 79.4 Å². The average molecular weight is 371 g/mol. The Labute approximate surface area is 150 Å². The Kier molecular flexibility index (Phi) is 4.14. The molecule has 0 aromatic heterocycles. The lowest BCUT2D eigenvalue weighted by Gasteiger charge is -2.60. The highest BCUT2D eigenvalue weighted by molar-refractivity contribution is 7.80. The predicted octanol–water partition coefficient (Wildman–Crippen LogP) is 3.79. The summed E-state index contributed by atoms with van der Waals surface area (Å²) >= 11 is 0. The second-order valence-electron chi connectivity index (χ2n) is 9.53. The van der Waals surface area contributed by atoms with Crippen LogP contribution >= 0.6 is 0 Å². The smallest absolute Gasteiger partial charge is 0.300 e. The Bertz CT molecular complexity index is 673. The largest absolute Gasteiger partial charge is 0.397 e. The first-order valence-electron chi connectivity index (χ1n) is 9.81. The SMILES string of the molecule is C[C@]12CC[C@H]3[C@@H](CCC4CC(=O)CC[C@@]43C)[C@@H]1CC[C@@H]2OS(=O)(=O)O. The van der Waals surface area contributed by atoms with Crippen LogP contribution in [0.15, 0.2) is 0 Å². The van der Waals surface area contributed by atoms with E-state index in [1.807, 2.05) is 0 Å². The van der Waals surface area contributed by atoms with Gasteiger partial charge in [0.1, 0.15) is 5.78 Å². The molecule has 4 aliphatic rings. The van der Waals surface area contributed by atoms with Crippen LogP contribution in [0.4, 0.5) is 0 Å². The van der Waals surface area contributed by atoms with Gasteiger partial charge < -0.3 is 0 Å². The van der Waals surface area contributed by atoms with E-state index in [-0.39, 0.29) is 10.8 Å². The number of hydrogen-bond acceptors (Lipinski definition) is 4. The molecule has 0 amide bonds. The van der Waals surface area contributed by atoms with E-state index in [0.29, 0.717) is 35.9 Å². The second-order valence-corrected chi connectivity index (χ2v) is 10.6. The third-order valence-corrected chi connectivity index (χ3v) is 9.11. The Morgan fingerprint density at radius 1 is 1.00 bits per heavy atom. The molecule has 4 fully saturated rings. The van der Waals surface area contributed by atoms with Crippen LogP contribution < -0.4 is 0 Å². The first-order chi connectivity index (χ1) is 11.6. The summed E-state index contributed by atoms with van der Waals surface area (Å²) in [5.74, 6) is 2.67. The quantitative estimate of drug-likeness (QED) is 0.748. The van der Waals surface area contributed by atoms with Crippen LogP contribution in [-0.2, 0) is 19.4 Å². The Balaban J connectivity index is 1.59. The molecule has 0 saturated heterocycles. The van der Waals surface area contributed by atoms with Gasteiger partial charge in [0.2, 0.25) is 0 Å². The Morgan fingerprint density at radius 3 is 2.44 bits per heavy atom. The number of carbonyl (C=O) groups excluding carboxylic acids is 1. The summed E-state index contributed by atoms with van der Waals surface area (Å²) in [6.45, 7) is 4.57. The number of ketones is 1. The minimum atomic E-state index is -4.40. The van der Waals surface area contributed by atoms with Gasteiger partial charge in [0.15, 0.2) is 0 Å². The fraction of sp³-hybridized carbons (Fsp3) is 0.947. The first kappa shape index (κ1) is 17.9. The van der Waals surface area contributed by atoms with Crippen LogP contribution in [0, 0.1) is 34.5 Å². The van der Waals surface area contributed by atoms with Crippen molar-refractivity contribution in [3.05, 3.63) is 0 Å². The molecule has 1 N–H and O–H groups in total. The molecular formula is C19H30O5S. The van der Waals surface area contributed by atoms with E-state index >= 15 is 0 Å². The summed E-state index contributed by atoms with van der Waals surface area (Å²) in [4.78, 5) is 11.9. The molecule has 25 heavy (non-hydrogen) atoms. The monoisotopic (exact) mass is 370 g/mol. The topological polar surface area (TPSA) is 80.7 Å². The first-order valence-corrected chi connectivity index (χ1v) is 11.2.